The van der Waals surface area contributed by atoms with Crippen molar-refractivity contribution in [3.63, 3.8) is 0 Å². The number of carbonyl (C=O) groups is 1. The maximum atomic E-state index is 12.4. The van der Waals surface area contributed by atoms with Gasteiger partial charge in [-0.05, 0) is 55.8 Å². The van der Waals surface area contributed by atoms with Crippen LogP contribution in [0.1, 0.15) is 30.6 Å². The summed E-state index contributed by atoms with van der Waals surface area (Å²) in [4.78, 5) is 12.6. The van der Waals surface area contributed by atoms with Gasteiger partial charge in [-0.15, -0.1) is 0 Å². The summed E-state index contributed by atoms with van der Waals surface area (Å²) >= 11 is 5.94. The van der Waals surface area contributed by atoms with Gasteiger partial charge in [0.1, 0.15) is 5.75 Å². The second-order valence-electron chi connectivity index (χ2n) is 5.75. The van der Waals surface area contributed by atoms with E-state index in [1.807, 2.05) is 6.92 Å². The van der Waals surface area contributed by atoms with Gasteiger partial charge in [0.2, 0.25) is 10.0 Å². The zero-order chi connectivity index (χ0) is 19.3. The first-order chi connectivity index (χ1) is 12.3. The number of carbonyl (C=O) groups excluding carboxylic acids is 1. The molecule has 0 aromatic heterocycles. The SMILES string of the molecule is CC[C@H](C)NS(=O)(=O)c1ccc(NC(=O)c2cc(Cl)ccc2OC)cc1. The summed E-state index contributed by atoms with van der Waals surface area (Å²) in [5.74, 6) is -0.0125. The van der Waals surface area contributed by atoms with Crippen LogP contribution in [-0.4, -0.2) is 27.5 Å². The summed E-state index contributed by atoms with van der Waals surface area (Å²) in [6, 6.07) is 10.5. The lowest BCUT2D eigenvalue weighted by molar-refractivity contribution is 0.102. The van der Waals surface area contributed by atoms with Crippen LogP contribution in [0.15, 0.2) is 47.4 Å². The molecule has 2 aromatic carbocycles. The number of hydrogen-bond donors (Lipinski definition) is 2. The number of benzene rings is 2. The molecule has 0 saturated heterocycles. The van der Waals surface area contributed by atoms with Crippen molar-refractivity contribution in [2.45, 2.75) is 31.2 Å². The molecular weight excluding hydrogens is 376 g/mol. The maximum Gasteiger partial charge on any atom is 0.259 e. The fraction of sp³-hybridized carbons (Fsp3) is 0.278. The molecule has 2 N–H and O–H groups in total. The third-order valence-corrected chi connectivity index (χ3v) is 5.64. The Labute approximate surface area is 158 Å². The number of nitrogens with one attached hydrogen (secondary N) is 2. The predicted octanol–water partition coefficient (Wildman–Crippen LogP) is 3.68. The van der Waals surface area contributed by atoms with Crippen LogP contribution in [0.4, 0.5) is 5.69 Å². The predicted molar refractivity (Wildman–Crippen MR) is 102 cm³/mol. The topological polar surface area (TPSA) is 84.5 Å². The van der Waals surface area contributed by atoms with Crippen LogP contribution in [0.2, 0.25) is 5.02 Å². The Hall–Kier alpha value is -2.09. The Morgan fingerprint density at radius 2 is 1.85 bits per heavy atom. The third-order valence-electron chi connectivity index (χ3n) is 3.80. The molecule has 8 heteroatoms. The molecule has 140 valence electrons. The summed E-state index contributed by atoms with van der Waals surface area (Å²) in [6.07, 6.45) is 0.689. The molecule has 2 aromatic rings. The Morgan fingerprint density at radius 3 is 2.42 bits per heavy atom. The largest absolute Gasteiger partial charge is 0.496 e. The van der Waals surface area contributed by atoms with E-state index in [2.05, 4.69) is 10.0 Å². The molecule has 2 rings (SSSR count). The molecule has 0 fully saturated rings. The number of ether oxygens (including phenoxy) is 1. The van der Waals surface area contributed by atoms with Crippen molar-refractivity contribution >= 4 is 33.2 Å². The lowest BCUT2D eigenvalue weighted by Gasteiger charge is -2.13. The van der Waals surface area contributed by atoms with Crippen LogP contribution in [0.3, 0.4) is 0 Å². The second kappa shape index (κ2) is 8.53. The number of amides is 1. The zero-order valence-corrected chi connectivity index (χ0v) is 16.3. The molecule has 0 bridgehead atoms. The smallest absolute Gasteiger partial charge is 0.259 e. The summed E-state index contributed by atoms with van der Waals surface area (Å²) in [5, 5.41) is 3.11. The number of methoxy groups -OCH3 is 1. The van der Waals surface area contributed by atoms with Crippen LogP contribution in [-0.2, 0) is 10.0 Å². The highest BCUT2D eigenvalue weighted by molar-refractivity contribution is 7.89. The second-order valence-corrected chi connectivity index (χ2v) is 7.90. The van der Waals surface area contributed by atoms with Gasteiger partial charge in [-0.3, -0.25) is 4.79 Å². The van der Waals surface area contributed by atoms with Gasteiger partial charge in [-0.1, -0.05) is 18.5 Å². The fourth-order valence-corrected chi connectivity index (χ4v) is 3.69. The molecule has 26 heavy (non-hydrogen) atoms. The van der Waals surface area contributed by atoms with Gasteiger partial charge in [0.05, 0.1) is 17.6 Å². The lowest BCUT2D eigenvalue weighted by Crippen LogP contribution is -2.31. The van der Waals surface area contributed by atoms with E-state index in [1.165, 1.54) is 37.4 Å². The molecule has 0 heterocycles. The van der Waals surface area contributed by atoms with Gasteiger partial charge in [0, 0.05) is 16.8 Å². The lowest BCUT2D eigenvalue weighted by atomic mass is 10.2. The number of sulfonamides is 1. The fourth-order valence-electron chi connectivity index (χ4n) is 2.19. The van der Waals surface area contributed by atoms with Crippen LogP contribution in [0, 0.1) is 0 Å². The first-order valence-electron chi connectivity index (χ1n) is 8.04. The molecule has 1 amide bonds. The van der Waals surface area contributed by atoms with E-state index in [0.717, 1.165) is 0 Å². The number of rotatable bonds is 7. The first-order valence-corrected chi connectivity index (χ1v) is 9.90. The van der Waals surface area contributed by atoms with E-state index >= 15 is 0 Å². The minimum absolute atomic E-state index is 0.135. The van der Waals surface area contributed by atoms with Crippen molar-refractivity contribution in [3.05, 3.63) is 53.1 Å². The Balaban J connectivity index is 2.17. The average Bonchev–Trinajstić information content (AvgIpc) is 2.61. The highest BCUT2D eigenvalue weighted by atomic mass is 35.5. The monoisotopic (exact) mass is 396 g/mol. The van der Waals surface area contributed by atoms with Crippen molar-refractivity contribution < 1.29 is 17.9 Å². The van der Waals surface area contributed by atoms with Crippen molar-refractivity contribution in [1.29, 1.82) is 0 Å². The van der Waals surface area contributed by atoms with E-state index in [0.29, 0.717) is 22.9 Å². The summed E-state index contributed by atoms with van der Waals surface area (Å²) in [7, 11) is -2.12. The van der Waals surface area contributed by atoms with Gasteiger partial charge >= 0.3 is 0 Å². The van der Waals surface area contributed by atoms with Crippen molar-refractivity contribution in [2.75, 3.05) is 12.4 Å². The summed E-state index contributed by atoms with van der Waals surface area (Å²) in [5.41, 5.74) is 0.745. The normalized spacial score (nSPS) is 12.5. The summed E-state index contributed by atoms with van der Waals surface area (Å²) < 4.78 is 32.2. The van der Waals surface area contributed by atoms with Gasteiger partial charge < -0.3 is 10.1 Å². The molecule has 0 aliphatic heterocycles. The minimum Gasteiger partial charge on any atom is -0.496 e. The molecule has 0 unspecified atom stereocenters. The van der Waals surface area contributed by atoms with Crippen molar-refractivity contribution in [1.82, 2.24) is 4.72 Å². The molecular formula is C18H21ClN2O4S. The molecule has 1 atom stereocenters. The summed E-state index contributed by atoms with van der Waals surface area (Å²) in [6.45, 7) is 3.69. The Morgan fingerprint density at radius 1 is 1.19 bits per heavy atom. The van der Waals surface area contributed by atoms with Crippen molar-refractivity contribution in [3.8, 4) is 5.75 Å². The van der Waals surface area contributed by atoms with Gasteiger partial charge in [0.15, 0.2) is 0 Å². The standard InChI is InChI=1S/C18H21ClN2O4S/c1-4-12(2)21-26(23,24)15-8-6-14(7-9-15)20-18(22)16-11-13(19)5-10-17(16)25-3/h5-12,21H,4H2,1-3H3,(H,20,22)/t12-/m0/s1. The number of anilines is 1. The van der Waals surface area contributed by atoms with Gasteiger partial charge in [-0.25, -0.2) is 13.1 Å². The number of hydrogen-bond acceptors (Lipinski definition) is 4. The quantitative estimate of drug-likeness (QED) is 0.747. The highest BCUT2D eigenvalue weighted by Crippen LogP contribution is 2.24. The van der Waals surface area contributed by atoms with Crippen molar-refractivity contribution in [2.24, 2.45) is 0 Å². The molecule has 0 aliphatic carbocycles. The van der Waals surface area contributed by atoms with E-state index in [1.54, 1.807) is 19.1 Å². The van der Waals surface area contributed by atoms with Crippen LogP contribution in [0.5, 0.6) is 5.75 Å². The van der Waals surface area contributed by atoms with Crippen LogP contribution in [0.25, 0.3) is 0 Å². The van der Waals surface area contributed by atoms with Gasteiger partial charge in [0.25, 0.3) is 5.91 Å². The third kappa shape index (κ3) is 4.97. The Kier molecular flexibility index (Phi) is 6.63. The maximum absolute atomic E-state index is 12.4. The van der Waals surface area contributed by atoms with Crippen LogP contribution >= 0.6 is 11.6 Å². The number of halogens is 1. The Bertz CT molecular complexity index is 883. The van der Waals surface area contributed by atoms with E-state index in [9.17, 15) is 13.2 Å². The molecule has 6 nitrogen and oxygen atoms in total. The molecule has 0 saturated carbocycles. The molecule has 0 aliphatic rings. The van der Waals surface area contributed by atoms with E-state index in [-0.39, 0.29) is 16.5 Å². The average molecular weight is 397 g/mol. The molecule has 0 radical (unpaired) electrons. The van der Waals surface area contributed by atoms with Crippen LogP contribution < -0.4 is 14.8 Å². The first kappa shape index (κ1) is 20.2. The minimum atomic E-state index is -3.59. The zero-order valence-electron chi connectivity index (χ0n) is 14.7. The van der Waals surface area contributed by atoms with E-state index < -0.39 is 15.9 Å². The van der Waals surface area contributed by atoms with E-state index in [4.69, 9.17) is 16.3 Å². The highest BCUT2D eigenvalue weighted by Gasteiger charge is 2.17. The van der Waals surface area contributed by atoms with Gasteiger partial charge in [-0.2, -0.15) is 0 Å². The molecule has 0 spiro atoms.